The van der Waals surface area contributed by atoms with Gasteiger partial charge in [-0.2, -0.15) is 4.98 Å². The van der Waals surface area contributed by atoms with Gasteiger partial charge in [0.05, 0.1) is 12.3 Å². The van der Waals surface area contributed by atoms with Crippen molar-refractivity contribution in [1.29, 1.82) is 0 Å². The molecule has 1 aromatic heterocycles. The SMILES string of the molecule is Cc1ccc(F)c(Oc2nc(C)cc(CO)n2)c1. The maximum atomic E-state index is 13.5. The number of aliphatic hydroxyl groups excluding tert-OH is 1. The zero-order chi connectivity index (χ0) is 13.1. The summed E-state index contributed by atoms with van der Waals surface area (Å²) in [6.07, 6.45) is 0. The molecule has 0 aliphatic carbocycles. The molecule has 0 aliphatic heterocycles. The van der Waals surface area contributed by atoms with Gasteiger partial charge >= 0.3 is 6.01 Å². The van der Waals surface area contributed by atoms with Gasteiger partial charge in [0, 0.05) is 5.69 Å². The lowest BCUT2D eigenvalue weighted by Gasteiger charge is -2.07. The van der Waals surface area contributed by atoms with Crippen LogP contribution in [-0.2, 0) is 6.61 Å². The third-order valence-corrected chi connectivity index (χ3v) is 2.34. The van der Waals surface area contributed by atoms with Crippen molar-refractivity contribution in [3.63, 3.8) is 0 Å². The number of rotatable bonds is 3. The summed E-state index contributed by atoms with van der Waals surface area (Å²) in [5, 5.41) is 9.03. The minimum atomic E-state index is -0.476. The monoisotopic (exact) mass is 248 g/mol. The highest BCUT2D eigenvalue weighted by Gasteiger charge is 2.08. The molecule has 1 N–H and O–H groups in total. The molecule has 18 heavy (non-hydrogen) atoms. The zero-order valence-corrected chi connectivity index (χ0v) is 10.1. The Labute approximate surface area is 104 Å². The number of hydrogen-bond donors (Lipinski definition) is 1. The average molecular weight is 248 g/mol. The Morgan fingerprint density at radius 2 is 2.00 bits per heavy atom. The normalized spacial score (nSPS) is 10.4. The van der Waals surface area contributed by atoms with Gasteiger partial charge in [-0.15, -0.1) is 0 Å². The van der Waals surface area contributed by atoms with Gasteiger partial charge in [-0.1, -0.05) is 6.07 Å². The maximum absolute atomic E-state index is 13.5. The predicted molar refractivity (Wildman–Crippen MR) is 63.9 cm³/mol. The summed E-state index contributed by atoms with van der Waals surface area (Å²) in [6.45, 7) is 3.37. The van der Waals surface area contributed by atoms with Crippen LogP contribution in [0, 0.1) is 19.7 Å². The summed E-state index contributed by atoms with van der Waals surface area (Å²) in [6, 6.07) is 6.22. The van der Waals surface area contributed by atoms with Crippen LogP contribution in [0.15, 0.2) is 24.3 Å². The topological polar surface area (TPSA) is 55.2 Å². The number of aryl methyl sites for hydroxylation is 2. The number of nitrogens with zero attached hydrogens (tertiary/aromatic N) is 2. The largest absolute Gasteiger partial charge is 0.421 e. The molecule has 0 spiro atoms. The van der Waals surface area contributed by atoms with Gasteiger partial charge in [0.1, 0.15) is 0 Å². The lowest BCUT2D eigenvalue weighted by Crippen LogP contribution is -1.99. The van der Waals surface area contributed by atoms with Gasteiger partial charge in [-0.05, 0) is 37.6 Å². The first-order valence-electron chi connectivity index (χ1n) is 5.48. The molecule has 2 aromatic rings. The molecule has 5 heteroatoms. The number of hydrogen-bond acceptors (Lipinski definition) is 4. The first-order chi connectivity index (χ1) is 8.58. The summed E-state index contributed by atoms with van der Waals surface area (Å²) >= 11 is 0. The molecule has 1 aromatic carbocycles. The average Bonchev–Trinajstić information content (AvgIpc) is 2.33. The smallest absolute Gasteiger partial charge is 0.322 e. The molecule has 0 aliphatic rings. The molecule has 0 radical (unpaired) electrons. The molecular formula is C13H13FN2O2. The molecule has 0 amide bonds. The van der Waals surface area contributed by atoms with E-state index in [1.165, 1.54) is 6.07 Å². The summed E-state index contributed by atoms with van der Waals surface area (Å²) in [7, 11) is 0. The van der Waals surface area contributed by atoms with E-state index in [0.717, 1.165) is 5.56 Å². The van der Waals surface area contributed by atoms with Crippen molar-refractivity contribution in [1.82, 2.24) is 9.97 Å². The highest BCUT2D eigenvalue weighted by atomic mass is 19.1. The molecule has 0 fully saturated rings. The fraction of sp³-hybridized carbons (Fsp3) is 0.231. The standard InChI is InChI=1S/C13H13FN2O2/c1-8-3-4-11(14)12(5-8)18-13-15-9(2)6-10(7-17)16-13/h3-6,17H,7H2,1-2H3. The molecular weight excluding hydrogens is 235 g/mol. The Balaban J connectivity index is 2.33. The lowest BCUT2D eigenvalue weighted by atomic mass is 10.2. The van der Waals surface area contributed by atoms with E-state index in [1.54, 1.807) is 25.1 Å². The van der Waals surface area contributed by atoms with E-state index in [4.69, 9.17) is 9.84 Å². The quantitative estimate of drug-likeness (QED) is 0.906. The van der Waals surface area contributed by atoms with Crippen molar-refractivity contribution in [3.8, 4) is 11.8 Å². The fourth-order valence-corrected chi connectivity index (χ4v) is 1.52. The molecule has 0 bridgehead atoms. The van der Waals surface area contributed by atoms with Crippen molar-refractivity contribution in [2.45, 2.75) is 20.5 Å². The van der Waals surface area contributed by atoms with Crippen LogP contribution in [0.5, 0.6) is 11.8 Å². The van der Waals surface area contributed by atoms with Crippen LogP contribution in [0.25, 0.3) is 0 Å². The van der Waals surface area contributed by atoms with Crippen LogP contribution in [0.3, 0.4) is 0 Å². The summed E-state index contributed by atoms with van der Waals surface area (Å²) in [5.74, 6) is -0.402. The Kier molecular flexibility index (Phi) is 3.53. The number of aliphatic hydroxyl groups is 1. The number of halogens is 1. The van der Waals surface area contributed by atoms with Crippen molar-refractivity contribution in [2.24, 2.45) is 0 Å². The van der Waals surface area contributed by atoms with E-state index >= 15 is 0 Å². The number of aromatic nitrogens is 2. The molecule has 0 saturated heterocycles. The first-order valence-corrected chi connectivity index (χ1v) is 5.48. The second kappa shape index (κ2) is 5.10. The van der Waals surface area contributed by atoms with E-state index in [0.29, 0.717) is 11.4 Å². The van der Waals surface area contributed by atoms with Crippen LogP contribution in [0.2, 0.25) is 0 Å². The summed E-state index contributed by atoms with van der Waals surface area (Å²) in [5.41, 5.74) is 1.96. The number of ether oxygens (including phenoxy) is 1. The van der Waals surface area contributed by atoms with Crippen LogP contribution < -0.4 is 4.74 Å². The van der Waals surface area contributed by atoms with Gasteiger partial charge in [0.2, 0.25) is 0 Å². The van der Waals surface area contributed by atoms with Crippen molar-refractivity contribution >= 4 is 0 Å². The maximum Gasteiger partial charge on any atom is 0.322 e. The van der Waals surface area contributed by atoms with Crippen LogP contribution in [0.1, 0.15) is 17.0 Å². The van der Waals surface area contributed by atoms with E-state index in [9.17, 15) is 4.39 Å². The minimum Gasteiger partial charge on any atom is -0.421 e. The second-order valence-electron chi connectivity index (χ2n) is 3.98. The Morgan fingerprint density at radius 3 is 2.72 bits per heavy atom. The molecule has 4 nitrogen and oxygen atoms in total. The highest BCUT2D eigenvalue weighted by Crippen LogP contribution is 2.23. The van der Waals surface area contributed by atoms with Crippen LogP contribution in [0.4, 0.5) is 4.39 Å². The minimum absolute atomic E-state index is 0.0311. The molecule has 2 rings (SSSR count). The van der Waals surface area contributed by atoms with E-state index in [1.807, 2.05) is 6.92 Å². The van der Waals surface area contributed by atoms with Crippen LogP contribution in [-0.4, -0.2) is 15.1 Å². The van der Waals surface area contributed by atoms with Gasteiger partial charge in [-0.3, -0.25) is 0 Å². The van der Waals surface area contributed by atoms with Gasteiger partial charge < -0.3 is 9.84 Å². The van der Waals surface area contributed by atoms with Crippen LogP contribution >= 0.6 is 0 Å². The van der Waals surface area contributed by atoms with E-state index in [-0.39, 0.29) is 18.4 Å². The molecule has 0 unspecified atom stereocenters. The Bertz CT molecular complexity index is 573. The lowest BCUT2D eigenvalue weighted by molar-refractivity contribution is 0.274. The van der Waals surface area contributed by atoms with Crippen molar-refractivity contribution in [3.05, 3.63) is 47.0 Å². The van der Waals surface area contributed by atoms with Crippen molar-refractivity contribution < 1.29 is 14.2 Å². The summed E-state index contributed by atoms with van der Waals surface area (Å²) < 4.78 is 18.8. The molecule has 1 heterocycles. The third kappa shape index (κ3) is 2.81. The Hall–Kier alpha value is -2.01. The van der Waals surface area contributed by atoms with Gasteiger partial charge in [0.25, 0.3) is 0 Å². The molecule has 0 atom stereocenters. The third-order valence-electron chi connectivity index (χ3n) is 2.34. The molecule has 94 valence electrons. The summed E-state index contributed by atoms with van der Waals surface area (Å²) in [4.78, 5) is 8.00. The van der Waals surface area contributed by atoms with Crippen molar-refractivity contribution in [2.75, 3.05) is 0 Å². The number of benzene rings is 1. The van der Waals surface area contributed by atoms with E-state index in [2.05, 4.69) is 9.97 Å². The zero-order valence-electron chi connectivity index (χ0n) is 10.1. The predicted octanol–water partition coefficient (Wildman–Crippen LogP) is 2.52. The fourth-order valence-electron chi connectivity index (χ4n) is 1.52. The van der Waals surface area contributed by atoms with Gasteiger partial charge in [0.15, 0.2) is 11.6 Å². The Morgan fingerprint density at radius 1 is 1.22 bits per heavy atom. The highest BCUT2D eigenvalue weighted by molar-refractivity contribution is 5.31. The molecule has 0 saturated carbocycles. The van der Waals surface area contributed by atoms with E-state index < -0.39 is 5.82 Å². The van der Waals surface area contributed by atoms with Gasteiger partial charge in [-0.25, -0.2) is 9.37 Å². The second-order valence-corrected chi connectivity index (χ2v) is 3.98. The first kappa shape index (κ1) is 12.4.